The summed E-state index contributed by atoms with van der Waals surface area (Å²) < 4.78 is 26.9. The molecule has 0 unspecified atom stereocenters. The van der Waals surface area contributed by atoms with Gasteiger partial charge in [0.05, 0.1) is 27.8 Å². The van der Waals surface area contributed by atoms with Crippen molar-refractivity contribution < 1.29 is 8.42 Å². The average molecular weight is 352 g/mol. The minimum absolute atomic E-state index is 0.192. The van der Waals surface area contributed by atoms with E-state index < -0.39 is 10.0 Å². The van der Waals surface area contributed by atoms with Crippen molar-refractivity contribution >= 4 is 15.7 Å². The first kappa shape index (κ1) is 17.0. The monoisotopic (exact) mass is 352 g/mol. The summed E-state index contributed by atoms with van der Waals surface area (Å²) in [6.45, 7) is 1.74. The number of nitriles is 2. The Morgan fingerprint density at radius 1 is 0.840 bits per heavy atom. The Hall–Kier alpha value is -2.87. The van der Waals surface area contributed by atoms with Gasteiger partial charge < -0.3 is 4.90 Å². The highest BCUT2D eigenvalue weighted by molar-refractivity contribution is 7.89. The Morgan fingerprint density at radius 3 is 2.08 bits per heavy atom. The van der Waals surface area contributed by atoms with E-state index in [2.05, 4.69) is 6.07 Å². The van der Waals surface area contributed by atoms with Crippen LogP contribution in [0.2, 0.25) is 0 Å². The minimum atomic E-state index is -3.58. The summed E-state index contributed by atoms with van der Waals surface area (Å²) in [4.78, 5) is 2.22. The van der Waals surface area contributed by atoms with Crippen molar-refractivity contribution in [2.45, 2.75) is 4.90 Å². The molecule has 1 aliphatic rings. The summed E-state index contributed by atoms with van der Waals surface area (Å²) in [5, 5.41) is 18.0. The lowest BCUT2D eigenvalue weighted by atomic mass is 10.1. The van der Waals surface area contributed by atoms with Gasteiger partial charge in [0.1, 0.15) is 6.07 Å². The number of nitrogens with zero attached hydrogens (tertiary/aromatic N) is 4. The molecule has 7 heteroatoms. The van der Waals surface area contributed by atoms with Gasteiger partial charge in [0.2, 0.25) is 10.0 Å². The number of hydrogen-bond donors (Lipinski definition) is 0. The lowest BCUT2D eigenvalue weighted by molar-refractivity contribution is 0.385. The van der Waals surface area contributed by atoms with Crippen molar-refractivity contribution in [2.24, 2.45) is 0 Å². The zero-order valence-corrected chi connectivity index (χ0v) is 14.3. The molecule has 2 aromatic carbocycles. The van der Waals surface area contributed by atoms with Crippen LogP contribution in [0.1, 0.15) is 11.1 Å². The third kappa shape index (κ3) is 3.34. The number of hydrogen-bond acceptors (Lipinski definition) is 5. The molecule has 1 aliphatic heterocycles. The maximum absolute atomic E-state index is 12.7. The first-order valence-corrected chi connectivity index (χ1v) is 9.24. The number of benzene rings is 2. The van der Waals surface area contributed by atoms with Crippen LogP contribution < -0.4 is 4.90 Å². The van der Waals surface area contributed by atoms with E-state index in [0.29, 0.717) is 37.3 Å². The normalized spacial score (nSPS) is 15.4. The molecule has 0 bridgehead atoms. The SMILES string of the molecule is N#Cc1ccc(S(=O)(=O)N2CCN(c3ccccc3C#N)CC2)cc1. The van der Waals surface area contributed by atoms with Crippen molar-refractivity contribution in [1.82, 2.24) is 4.31 Å². The Kier molecular flexibility index (Phi) is 4.71. The largest absolute Gasteiger partial charge is 0.368 e. The molecule has 0 aliphatic carbocycles. The van der Waals surface area contributed by atoms with Gasteiger partial charge in [0.15, 0.2) is 0 Å². The predicted octanol–water partition coefficient (Wildman–Crippen LogP) is 1.94. The summed E-state index contributed by atoms with van der Waals surface area (Å²) in [6.07, 6.45) is 0. The molecule has 0 saturated carbocycles. The fourth-order valence-electron chi connectivity index (χ4n) is 2.86. The lowest BCUT2D eigenvalue weighted by Crippen LogP contribution is -2.48. The molecule has 0 atom stereocenters. The molecule has 1 fully saturated rings. The fourth-order valence-corrected chi connectivity index (χ4v) is 4.29. The number of anilines is 1. The van der Waals surface area contributed by atoms with Crippen LogP contribution >= 0.6 is 0 Å². The van der Waals surface area contributed by atoms with Crippen molar-refractivity contribution in [1.29, 1.82) is 10.5 Å². The van der Waals surface area contributed by atoms with E-state index in [1.165, 1.54) is 28.6 Å². The minimum Gasteiger partial charge on any atom is -0.368 e. The molecule has 2 aromatic rings. The molecular weight excluding hydrogens is 336 g/mol. The Morgan fingerprint density at radius 2 is 1.48 bits per heavy atom. The van der Waals surface area contributed by atoms with Gasteiger partial charge in [-0.05, 0) is 36.4 Å². The molecule has 1 heterocycles. The molecule has 25 heavy (non-hydrogen) atoms. The molecular formula is C18H16N4O2S. The summed E-state index contributed by atoms with van der Waals surface area (Å²) >= 11 is 0. The first-order chi connectivity index (χ1) is 12.1. The van der Waals surface area contributed by atoms with Crippen molar-refractivity contribution in [3.05, 3.63) is 59.7 Å². The van der Waals surface area contributed by atoms with Crippen LogP contribution in [0, 0.1) is 22.7 Å². The molecule has 126 valence electrons. The highest BCUT2D eigenvalue weighted by atomic mass is 32.2. The highest BCUT2D eigenvalue weighted by Crippen LogP contribution is 2.23. The summed E-state index contributed by atoms with van der Waals surface area (Å²) in [5.74, 6) is 0. The van der Waals surface area contributed by atoms with Crippen LogP contribution in [0.4, 0.5) is 5.69 Å². The van der Waals surface area contributed by atoms with Gasteiger partial charge in [-0.25, -0.2) is 8.42 Å². The Labute approximate surface area is 147 Å². The van der Waals surface area contributed by atoms with Crippen LogP contribution in [0.25, 0.3) is 0 Å². The third-order valence-corrected chi connectivity index (χ3v) is 6.14. The third-order valence-electron chi connectivity index (χ3n) is 4.23. The van der Waals surface area contributed by atoms with Gasteiger partial charge in [-0.1, -0.05) is 12.1 Å². The zero-order chi connectivity index (χ0) is 17.9. The van der Waals surface area contributed by atoms with E-state index in [1.807, 2.05) is 29.2 Å². The smallest absolute Gasteiger partial charge is 0.243 e. The zero-order valence-electron chi connectivity index (χ0n) is 13.5. The molecule has 3 rings (SSSR count). The van der Waals surface area contributed by atoms with Crippen molar-refractivity contribution in [3.8, 4) is 12.1 Å². The first-order valence-electron chi connectivity index (χ1n) is 7.80. The van der Waals surface area contributed by atoms with Crippen LogP contribution in [-0.2, 0) is 10.0 Å². The maximum atomic E-state index is 12.7. The van der Waals surface area contributed by atoms with Crippen LogP contribution in [-0.4, -0.2) is 38.9 Å². The Balaban J connectivity index is 1.75. The van der Waals surface area contributed by atoms with E-state index in [0.717, 1.165) is 5.69 Å². The topological polar surface area (TPSA) is 88.2 Å². The average Bonchev–Trinajstić information content (AvgIpc) is 2.68. The molecule has 0 amide bonds. The van der Waals surface area contributed by atoms with Gasteiger partial charge in [0, 0.05) is 26.2 Å². The molecule has 6 nitrogen and oxygen atoms in total. The summed E-state index contributed by atoms with van der Waals surface area (Å²) in [5.41, 5.74) is 1.85. The second kappa shape index (κ2) is 6.94. The highest BCUT2D eigenvalue weighted by Gasteiger charge is 2.29. The van der Waals surface area contributed by atoms with Crippen molar-refractivity contribution in [2.75, 3.05) is 31.1 Å². The lowest BCUT2D eigenvalue weighted by Gasteiger charge is -2.35. The van der Waals surface area contributed by atoms with E-state index >= 15 is 0 Å². The van der Waals surface area contributed by atoms with Gasteiger partial charge in [-0.15, -0.1) is 0 Å². The van der Waals surface area contributed by atoms with Crippen LogP contribution in [0.15, 0.2) is 53.4 Å². The molecule has 0 radical (unpaired) electrons. The molecule has 0 N–H and O–H groups in total. The number of piperazine rings is 1. The van der Waals surface area contributed by atoms with Crippen LogP contribution in [0.3, 0.4) is 0 Å². The number of rotatable bonds is 3. The van der Waals surface area contributed by atoms with Crippen molar-refractivity contribution in [3.63, 3.8) is 0 Å². The number of para-hydroxylation sites is 1. The second-order valence-electron chi connectivity index (χ2n) is 5.66. The molecule has 1 saturated heterocycles. The van der Waals surface area contributed by atoms with E-state index in [1.54, 1.807) is 6.07 Å². The summed E-state index contributed by atoms with van der Waals surface area (Å²) in [7, 11) is -3.58. The summed E-state index contributed by atoms with van der Waals surface area (Å²) in [6, 6.07) is 17.4. The van der Waals surface area contributed by atoms with E-state index in [9.17, 15) is 13.7 Å². The van der Waals surface area contributed by atoms with Gasteiger partial charge >= 0.3 is 0 Å². The van der Waals surface area contributed by atoms with Gasteiger partial charge in [-0.2, -0.15) is 14.8 Å². The second-order valence-corrected chi connectivity index (χ2v) is 7.59. The fraction of sp³-hybridized carbons (Fsp3) is 0.222. The molecule has 0 aromatic heterocycles. The number of sulfonamides is 1. The van der Waals surface area contributed by atoms with Gasteiger partial charge in [-0.3, -0.25) is 0 Å². The van der Waals surface area contributed by atoms with E-state index in [4.69, 9.17) is 5.26 Å². The van der Waals surface area contributed by atoms with E-state index in [-0.39, 0.29) is 4.90 Å². The molecule has 0 spiro atoms. The maximum Gasteiger partial charge on any atom is 0.243 e. The standard InChI is InChI=1S/C18H16N4O2S/c19-13-15-5-7-17(8-6-15)25(23,24)22-11-9-21(10-12-22)18-4-2-1-3-16(18)14-20/h1-8H,9-12H2. The van der Waals surface area contributed by atoms with Crippen LogP contribution in [0.5, 0.6) is 0 Å². The predicted molar refractivity (Wildman–Crippen MR) is 93.3 cm³/mol. The van der Waals surface area contributed by atoms with Gasteiger partial charge in [0.25, 0.3) is 0 Å². The Bertz CT molecular complexity index is 948. The quantitative estimate of drug-likeness (QED) is 0.842.